The molecule has 0 aliphatic heterocycles. The number of rotatable bonds is 5. The molecule has 6 nitrogen and oxygen atoms in total. The highest BCUT2D eigenvalue weighted by atomic mass is 16.5. The molecule has 1 saturated carbocycles. The fourth-order valence-electron chi connectivity index (χ4n) is 2.30. The van der Waals surface area contributed by atoms with Crippen molar-refractivity contribution in [3.8, 4) is 11.5 Å². The van der Waals surface area contributed by atoms with Gasteiger partial charge in [-0.25, -0.2) is 4.79 Å². The van der Waals surface area contributed by atoms with Crippen molar-refractivity contribution in [3.63, 3.8) is 0 Å². The van der Waals surface area contributed by atoms with Crippen LogP contribution in [0.15, 0.2) is 29.5 Å². The Labute approximate surface area is 116 Å². The first-order chi connectivity index (χ1) is 9.74. The summed E-state index contributed by atoms with van der Waals surface area (Å²) in [6, 6.07) is 2.12. The van der Waals surface area contributed by atoms with Gasteiger partial charge in [0.1, 0.15) is 5.69 Å². The van der Waals surface area contributed by atoms with Gasteiger partial charge in [0, 0.05) is 30.7 Å². The molecule has 1 aliphatic rings. The molecule has 0 aromatic carbocycles. The Morgan fingerprint density at radius 3 is 2.75 bits per heavy atom. The molecule has 0 unspecified atom stereocenters. The third-order valence-electron chi connectivity index (χ3n) is 3.50. The molecular formula is C14H17N3O3. The summed E-state index contributed by atoms with van der Waals surface area (Å²) in [7, 11) is 3.15. The van der Waals surface area contributed by atoms with Crippen LogP contribution in [0.3, 0.4) is 0 Å². The molecule has 0 bridgehead atoms. The monoisotopic (exact) mass is 275 g/mol. The molecule has 20 heavy (non-hydrogen) atoms. The quantitative estimate of drug-likeness (QED) is 0.828. The fourth-order valence-corrected chi connectivity index (χ4v) is 2.30. The Morgan fingerprint density at radius 1 is 1.30 bits per heavy atom. The summed E-state index contributed by atoms with van der Waals surface area (Å²) in [5.74, 6) is 1.19. The van der Waals surface area contributed by atoms with Crippen LogP contribution in [0.2, 0.25) is 0 Å². The first kappa shape index (κ1) is 12.8. The minimum atomic E-state index is -0.000766. The number of nitrogens with zero attached hydrogens (tertiary/aromatic N) is 3. The van der Waals surface area contributed by atoms with E-state index in [0.717, 1.165) is 12.8 Å². The van der Waals surface area contributed by atoms with Crippen molar-refractivity contribution in [1.82, 2.24) is 14.1 Å². The number of ether oxygens (including phenoxy) is 2. The van der Waals surface area contributed by atoms with Crippen LogP contribution in [-0.4, -0.2) is 28.3 Å². The van der Waals surface area contributed by atoms with Gasteiger partial charge in [0.15, 0.2) is 11.5 Å². The molecule has 0 spiro atoms. The van der Waals surface area contributed by atoms with E-state index < -0.39 is 0 Å². The number of aromatic nitrogens is 3. The molecule has 0 amide bonds. The number of methoxy groups -OCH3 is 2. The average Bonchev–Trinajstić information content (AvgIpc) is 3.25. The summed E-state index contributed by atoms with van der Waals surface area (Å²) in [5.41, 5.74) is 0.682. The lowest BCUT2D eigenvalue weighted by Gasteiger charge is -2.11. The van der Waals surface area contributed by atoms with Crippen LogP contribution in [0.5, 0.6) is 11.5 Å². The number of pyridine rings is 1. The highest BCUT2D eigenvalue weighted by Crippen LogP contribution is 2.33. The maximum atomic E-state index is 12.2. The molecular weight excluding hydrogens is 258 g/mol. The third-order valence-corrected chi connectivity index (χ3v) is 3.50. The molecule has 1 fully saturated rings. The summed E-state index contributed by atoms with van der Waals surface area (Å²) in [6.45, 7) is 0.374. The Hall–Kier alpha value is -2.24. The molecule has 0 saturated heterocycles. The van der Waals surface area contributed by atoms with Crippen LogP contribution in [0.4, 0.5) is 0 Å². The van der Waals surface area contributed by atoms with Crippen molar-refractivity contribution < 1.29 is 9.47 Å². The van der Waals surface area contributed by atoms with Crippen molar-refractivity contribution in [2.45, 2.75) is 25.4 Å². The summed E-state index contributed by atoms with van der Waals surface area (Å²) >= 11 is 0. The zero-order valence-corrected chi connectivity index (χ0v) is 11.6. The Bertz CT molecular complexity index is 671. The molecule has 0 atom stereocenters. The summed E-state index contributed by atoms with van der Waals surface area (Å²) in [5, 5.41) is 0. The van der Waals surface area contributed by atoms with Crippen molar-refractivity contribution in [2.24, 2.45) is 0 Å². The predicted molar refractivity (Wildman–Crippen MR) is 73.4 cm³/mol. The van der Waals surface area contributed by atoms with Gasteiger partial charge in [-0.3, -0.25) is 14.1 Å². The van der Waals surface area contributed by atoms with E-state index in [1.165, 1.54) is 0 Å². The zero-order chi connectivity index (χ0) is 14.1. The van der Waals surface area contributed by atoms with E-state index in [1.54, 1.807) is 41.8 Å². The van der Waals surface area contributed by atoms with Crippen molar-refractivity contribution in [1.29, 1.82) is 0 Å². The maximum absolute atomic E-state index is 12.2. The number of hydrogen-bond donors (Lipinski definition) is 0. The summed E-state index contributed by atoms with van der Waals surface area (Å²) < 4.78 is 14.0. The molecule has 0 N–H and O–H groups in total. The van der Waals surface area contributed by atoms with Gasteiger partial charge in [-0.1, -0.05) is 0 Å². The standard InChI is InChI=1S/C14H17N3O3/c1-19-12-5-6-15-11(13(12)20-2)9-16-7-8-17(14(16)18)10-3-4-10/h5-8,10H,3-4,9H2,1-2H3. The van der Waals surface area contributed by atoms with Gasteiger partial charge in [0.2, 0.25) is 0 Å². The van der Waals surface area contributed by atoms with Crippen molar-refractivity contribution in [3.05, 3.63) is 40.8 Å². The Kier molecular flexibility index (Phi) is 3.22. The van der Waals surface area contributed by atoms with Gasteiger partial charge in [-0.15, -0.1) is 0 Å². The molecule has 106 valence electrons. The molecule has 6 heteroatoms. The molecule has 2 aromatic rings. The van der Waals surface area contributed by atoms with Gasteiger partial charge in [-0.2, -0.15) is 0 Å². The molecule has 3 rings (SSSR count). The van der Waals surface area contributed by atoms with Gasteiger partial charge in [0.05, 0.1) is 20.8 Å². The lowest BCUT2D eigenvalue weighted by molar-refractivity contribution is 0.348. The van der Waals surface area contributed by atoms with Crippen LogP contribution in [0.25, 0.3) is 0 Å². The molecule has 2 heterocycles. The largest absolute Gasteiger partial charge is 0.493 e. The lowest BCUT2D eigenvalue weighted by Crippen LogP contribution is -2.24. The minimum absolute atomic E-state index is 0.000766. The van der Waals surface area contributed by atoms with Gasteiger partial charge in [0.25, 0.3) is 0 Å². The van der Waals surface area contributed by atoms with E-state index in [0.29, 0.717) is 29.8 Å². The normalized spacial score (nSPS) is 14.3. The lowest BCUT2D eigenvalue weighted by atomic mass is 10.3. The van der Waals surface area contributed by atoms with Crippen LogP contribution >= 0.6 is 0 Å². The zero-order valence-electron chi connectivity index (χ0n) is 11.6. The number of imidazole rings is 1. The van der Waals surface area contributed by atoms with Crippen LogP contribution in [0.1, 0.15) is 24.6 Å². The van der Waals surface area contributed by atoms with Gasteiger partial charge >= 0.3 is 5.69 Å². The van der Waals surface area contributed by atoms with Crippen LogP contribution < -0.4 is 15.2 Å². The molecule has 2 aromatic heterocycles. The van der Waals surface area contributed by atoms with Crippen LogP contribution in [0, 0.1) is 0 Å². The first-order valence-corrected chi connectivity index (χ1v) is 6.57. The summed E-state index contributed by atoms with van der Waals surface area (Å²) in [4.78, 5) is 16.5. The highest BCUT2D eigenvalue weighted by molar-refractivity contribution is 5.42. The third kappa shape index (κ3) is 2.17. The SMILES string of the molecule is COc1ccnc(Cn2ccn(C3CC3)c2=O)c1OC. The van der Waals surface area contributed by atoms with E-state index >= 15 is 0 Å². The second-order valence-electron chi connectivity index (χ2n) is 4.84. The van der Waals surface area contributed by atoms with Crippen LogP contribution in [-0.2, 0) is 6.54 Å². The maximum Gasteiger partial charge on any atom is 0.328 e. The van der Waals surface area contributed by atoms with E-state index in [9.17, 15) is 4.79 Å². The molecule has 0 radical (unpaired) electrons. The Balaban J connectivity index is 1.93. The van der Waals surface area contributed by atoms with Gasteiger partial charge in [-0.05, 0) is 12.8 Å². The minimum Gasteiger partial charge on any atom is -0.493 e. The highest BCUT2D eigenvalue weighted by Gasteiger charge is 2.25. The van der Waals surface area contributed by atoms with E-state index in [-0.39, 0.29) is 5.69 Å². The smallest absolute Gasteiger partial charge is 0.328 e. The van der Waals surface area contributed by atoms with Gasteiger partial charge < -0.3 is 9.47 Å². The van der Waals surface area contributed by atoms with E-state index in [1.807, 2.05) is 6.20 Å². The summed E-state index contributed by atoms with van der Waals surface area (Å²) in [6.07, 6.45) is 7.46. The second kappa shape index (κ2) is 5.03. The van der Waals surface area contributed by atoms with Crippen molar-refractivity contribution >= 4 is 0 Å². The topological polar surface area (TPSA) is 58.3 Å². The first-order valence-electron chi connectivity index (χ1n) is 6.57. The van der Waals surface area contributed by atoms with E-state index in [4.69, 9.17) is 9.47 Å². The predicted octanol–water partition coefficient (Wildman–Crippen LogP) is 1.45. The Morgan fingerprint density at radius 2 is 2.10 bits per heavy atom. The van der Waals surface area contributed by atoms with E-state index in [2.05, 4.69) is 4.98 Å². The second-order valence-corrected chi connectivity index (χ2v) is 4.84. The van der Waals surface area contributed by atoms with Crippen molar-refractivity contribution in [2.75, 3.05) is 14.2 Å². The molecule has 1 aliphatic carbocycles. The fraction of sp³-hybridized carbons (Fsp3) is 0.429. The number of hydrogen-bond acceptors (Lipinski definition) is 4. The average molecular weight is 275 g/mol.